The zero-order valence-electron chi connectivity index (χ0n) is 27.7. The molecule has 0 aromatic heterocycles. The largest absolute Gasteiger partial charge is 0.0619 e. The lowest BCUT2D eigenvalue weighted by molar-refractivity contribution is 0.660. The average molecular weight is 623 g/mol. The van der Waals surface area contributed by atoms with Gasteiger partial charge in [0.15, 0.2) is 0 Å². The average Bonchev–Trinajstić information content (AvgIpc) is 3.38. The van der Waals surface area contributed by atoms with Gasteiger partial charge in [0.05, 0.1) is 0 Å². The van der Waals surface area contributed by atoms with E-state index >= 15 is 0 Å². The fourth-order valence-electron chi connectivity index (χ4n) is 8.67. The van der Waals surface area contributed by atoms with Gasteiger partial charge in [-0.25, -0.2) is 0 Å². The molecule has 9 aromatic carbocycles. The second kappa shape index (κ2) is 10.5. The minimum atomic E-state index is -0.0317. The fraction of sp³-hybridized carbons (Fsp3) is 0.0612. The molecule has 0 fully saturated rings. The van der Waals surface area contributed by atoms with E-state index in [2.05, 4.69) is 184 Å². The van der Waals surface area contributed by atoms with Crippen molar-refractivity contribution < 1.29 is 0 Å². The standard InChI is InChI=1S/C49H34/c1-49(2)45-21-10-9-17-39(45)43-30-36(25-27-46(43)49)48-41-19-8-7-18-40(41)47(35-23-22-31-12-3-4-14-33(31)28-35)42-26-24-34(29-44(42)48)38-20-11-15-32-13-5-6-16-37(32)38/h3-30H,1-2H3. The minimum absolute atomic E-state index is 0.0317. The van der Waals surface area contributed by atoms with E-state index in [-0.39, 0.29) is 5.41 Å². The van der Waals surface area contributed by atoms with E-state index < -0.39 is 0 Å². The Morgan fingerprint density at radius 2 is 0.857 bits per heavy atom. The van der Waals surface area contributed by atoms with Gasteiger partial charge in [-0.05, 0) is 117 Å². The normalized spacial score (nSPS) is 13.3. The maximum absolute atomic E-state index is 2.46. The molecule has 10 rings (SSSR count). The zero-order valence-corrected chi connectivity index (χ0v) is 27.7. The zero-order chi connectivity index (χ0) is 32.7. The molecule has 0 saturated carbocycles. The molecule has 1 aliphatic carbocycles. The van der Waals surface area contributed by atoms with Crippen molar-refractivity contribution >= 4 is 43.1 Å². The van der Waals surface area contributed by atoms with Crippen molar-refractivity contribution in [3.05, 3.63) is 181 Å². The Labute approximate surface area is 286 Å². The van der Waals surface area contributed by atoms with Crippen molar-refractivity contribution in [1.29, 1.82) is 0 Å². The molecule has 0 radical (unpaired) electrons. The van der Waals surface area contributed by atoms with Crippen LogP contribution in [0.5, 0.6) is 0 Å². The van der Waals surface area contributed by atoms with E-state index in [0.717, 1.165) is 0 Å². The third kappa shape index (κ3) is 4.17. The van der Waals surface area contributed by atoms with E-state index in [9.17, 15) is 0 Å². The molecule has 0 bridgehead atoms. The van der Waals surface area contributed by atoms with Gasteiger partial charge >= 0.3 is 0 Å². The van der Waals surface area contributed by atoms with Crippen LogP contribution >= 0.6 is 0 Å². The fourth-order valence-corrected chi connectivity index (χ4v) is 8.67. The third-order valence-corrected chi connectivity index (χ3v) is 11.0. The van der Waals surface area contributed by atoms with Gasteiger partial charge in [0.25, 0.3) is 0 Å². The molecule has 0 atom stereocenters. The highest BCUT2D eigenvalue weighted by Gasteiger charge is 2.35. The van der Waals surface area contributed by atoms with Crippen LogP contribution in [0, 0.1) is 0 Å². The predicted molar refractivity (Wildman–Crippen MR) is 210 cm³/mol. The van der Waals surface area contributed by atoms with Crippen molar-refractivity contribution in [2.75, 3.05) is 0 Å². The van der Waals surface area contributed by atoms with Crippen LogP contribution in [0.1, 0.15) is 25.0 Å². The number of rotatable bonds is 3. The first-order chi connectivity index (χ1) is 24.1. The van der Waals surface area contributed by atoms with Crippen molar-refractivity contribution in [2.45, 2.75) is 19.3 Å². The first-order valence-electron chi connectivity index (χ1n) is 17.3. The van der Waals surface area contributed by atoms with Gasteiger partial charge in [-0.1, -0.05) is 166 Å². The molecule has 230 valence electrons. The molecule has 0 aliphatic heterocycles. The van der Waals surface area contributed by atoms with Gasteiger partial charge in [0.1, 0.15) is 0 Å². The second-order valence-corrected chi connectivity index (χ2v) is 14.1. The topological polar surface area (TPSA) is 0 Å². The van der Waals surface area contributed by atoms with Gasteiger partial charge in [-0.15, -0.1) is 0 Å². The summed E-state index contributed by atoms with van der Waals surface area (Å²) >= 11 is 0. The molecule has 0 heterocycles. The van der Waals surface area contributed by atoms with Crippen LogP contribution < -0.4 is 0 Å². The van der Waals surface area contributed by atoms with Crippen molar-refractivity contribution in [2.24, 2.45) is 0 Å². The molecular formula is C49H34. The van der Waals surface area contributed by atoms with Crippen molar-refractivity contribution in [1.82, 2.24) is 0 Å². The minimum Gasteiger partial charge on any atom is -0.0619 e. The lowest BCUT2D eigenvalue weighted by atomic mass is 9.81. The summed E-state index contributed by atoms with van der Waals surface area (Å²) in [6.45, 7) is 4.72. The quantitative estimate of drug-likeness (QED) is 0.172. The lowest BCUT2D eigenvalue weighted by Crippen LogP contribution is -2.14. The molecule has 0 spiro atoms. The van der Waals surface area contributed by atoms with Gasteiger partial charge in [0, 0.05) is 5.41 Å². The maximum atomic E-state index is 2.46. The Morgan fingerprint density at radius 1 is 0.306 bits per heavy atom. The summed E-state index contributed by atoms with van der Waals surface area (Å²) in [7, 11) is 0. The van der Waals surface area contributed by atoms with Crippen LogP contribution in [0.25, 0.3) is 87.6 Å². The summed E-state index contributed by atoms with van der Waals surface area (Å²) < 4.78 is 0. The SMILES string of the molecule is CC1(C)c2ccccc2-c2cc(-c3c4ccccc4c(-c4ccc5ccccc5c4)c4ccc(-c5cccc6ccccc56)cc34)ccc21. The number of fused-ring (bicyclic) bond motifs is 7. The first kappa shape index (κ1) is 28.1. The Hall–Kier alpha value is -5.98. The van der Waals surface area contributed by atoms with Crippen LogP contribution in [0.4, 0.5) is 0 Å². The molecule has 0 N–H and O–H groups in total. The van der Waals surface area contributed by atoms with Gasteiger partial charge in [-0.2, -0.15) is 0 Å². The molecule has 9 aromatic rings. The summed E-state index contributed by atoms with van der Waals surface area (Å²) in [6.07, 6.45) is 0. The highest BCUT2D eigenvalue weighted by Crippen LogP contribution is 2.51. The third-order valence-electron chi connectivity index (χ3n) is 11.0. The van der Waals surface area contributed by atoms with E-state index in [1.165, 1.54) is 98.7 Å². The number of benzene rings is 9. The molecule has 0 amide bonds. The molecule has 0 saturated heterocycles. The van der Waals surface area contributed by atoms with Gasteiger partial charge in [0.2, 0.25) is 0 Å². The molecular weight excluding hydrogens is 589 g/mol. The predicted octanol–water partition coefficient (Wildman–Crippen LogP) is 13.6. The van der Waals surface area contributed by atoms with Gasteiger partial charge in [-0.3, -0.25) is 0 Å². The van der Waals surface area contributed by atoms with Crippen LogP contribution in [0.2, 0.25) is 0 Å². The monoisotopic (exact) mass is 622 g/mol. The second-order valence-electron chi connectivity index (χ2n) is 14.1. The molecule has 49 heavy (non-hydrogen) atoms. The highest BCUT2D eigenvalue weighted by molar-refractivity contribution is 6.22. The molecule has 0 nitrogen and oxygen atoms in total. The van der Waals surface area contributed by atoms with Crippen LogP contribution in [-0.4, -0.2) is 0 Å². The van der Waals surface area contributed by atoms with E-state index in [4.69, 9.17) is 0 Å². The Balaban J connectivity index is 1.32. The Bertz CT molecular complexity index is 2790. The van der Waals surface area contributed by atoms with E-state index in [1.807, 2.05) is 0 Å². The lowest BCUT2D eigenvalue weighted by Gasteiger charge is -2.22. The van der Waals surface area contributed by atoms with Crippen molar-refractivity contribution in [3.63, 3.8) is 0 Å². The number of hydrogen-bond acceptors (Lipinski definition) is 0. The van der Waals surface area contributed by atoms with E-state index in [1.54, 1.807) is 0 Å². The molecule has 1 aliphatic rings. The summed E-state index contributed by atoms with van der Waals surface area (Å²) in [5.74, 6) is 0. The Morgan fingerprint density at radius 3 is 1.69 bits per heavy atom. The summed E-state index contributed by atoms with van der Waals surface area (Å²) in [4.78, 5) is 0. The van der Waals surface area contributed by atoms with E-state index in [0.29, 0.717) is 0 Å². The van der Waals surface area contributed by atoms with Crippen LogP contribution in [0.15, 0.2) is 170 Å². The number of hydrogen-bond donors (Lipinski definition) is 0. The van der Waals surface area contributed by atoms with Crippen molar-refractivity contribution in [3.8, 4) is 44.5 Å². The summed E-state index contributed by atoms with van der Waals surface area (Å²) in [6, 6.07) is 63.3. The first-order valence-corrected chi connectivity index (χ1v) is 17.3. The molecule has 0 heteroatoms. The van der Waals surface area contributed by atoms with Crippen LogP contribution in [0.3, 0.4) is 0 Å². The van der Waals surface area contributed by atoms with Gasteiger partial charge < -0.3 is 0 Å². The van der Waals surface area contributed by atoms with Crippen LogP contribution in [-0.2, 0) is 5.41 Å². The highest BCUT2D eigenvalue weighted by atomic mass is 14.4. The maximum Gasteiger partial charge on any atom is 0.0158 e. The Kier molecular flexibility index (Phi) is 6.02. The summed E-state index contributed by atoms with van der Waals surface area (Å²) in [5.41, 5.74) is 13.0. The molecule has 0 unspecified atom stereocenters. The summed E-state index contributed by atoms with van der Waals surface area (Å²) in [5, 5.41) is 10.2. The smallest absolute Gasteiger partial charge is 0.0158 e.